The van der Waals surface area contributed by atoms with Gasteiger partial charge in [0.2, 0.25) is 11.8 Å². The summed E-state index contributed by atoms with van der Waals surface area (Å²) in [5, 5.41) is 9.54. The van der Waals surface area contributed by atoms with E-state index in [2.05, 4.69) is 33.9 Å². The van der Waals surface area contributed by atoms with Gasteiger partial charge in [0.15, 0.2) is 0 Å². The number of halogens is 1. The van der Waals surface area contributed by atoms with E-state index < -0.39 is 6.04 Å². The summed E-state index contributed by atoms with van der Waals surface area (Å²) in [7, 11) is 0. The van der Waals surface area contributed by atoms with Crippen molar-refractivity contribution in [3.63, 3.8) is 0 Å². The highest BCUT2D eigenvalue weighted by molar-refractivity contribution is 6.31. The fraction of sp³-hybridized carbons (Fsp3) is 0.621. The van der Waals surface area contributed by atoms with Crippen LogP contribution in [-0.2, 0) is 9.59 Å². The summed E-state index contributed by atoms with van der Waals surface area (Å²) in [5.41, 5.74) is 0.184. The number of nitrogens with zero attached hydrogens (tertiary/aromatic N) is 1. The maximum atomic E-state index is 13.3. The molecule has 1 aromatic carbocycles. The lowest BCUT2D eigenvalue weighted by molar-refractivity contribution is -0.124. The lowest BCUT2D eigenvalue weighted by Gasteiger charge is -2.41. The third-order valence-corrected chi connectivity index (χ3v) is 7.74. The Morgan fingerprint density at radius 2 is 1.95 bits per heavy atom. The molecule has 1 fully saturated rings. The van der Waals surface area contributed by atoms with Gasteiger partial charge in [0.25, 0.3) is 5.91 Å². The van der Waals surface area contributed by atoms with Gasteiger partial charge in [0.1, 0.15) is 18.4 Å². The average molecular weight is 547 g/mol. The van der Waals surface area contributed by atoms with E-state index in [1.54, 1.807) is 18.2 Å². The number of amides is 3. The van der Waals surface area contributed by atoms with E-state index in [-0.39, 0.29) is 35.1 Å². The van der Waals surface area contributed by atoms with Crippen molar-refractivity contribution in [2.75, 3.05) is 32.8 Å². The molecule has 0 aliphatic carbocycles. The van der Waals surface area contributed by atoms with E-state index >= 15 is 0 Å². The van der Waals surface area contributed by atoms with Crippen LogP contribution in [0.5, 0.6) is 5.75 Å². The van der Waals surface area contributed by atoms with Crippen LogP contribution in [0.15, 0.2) is 30.4 Å². The minimum atomic E-state index is -0.672. The number of benzene rings is 1. The van der Waals surface area contributed by atoms with Crippen LogP contribution >= 0.6 is 11.6 Å². The van der Waals surface area contributed by atoms with Crippen molar-refractivity contribution in [1.29, 1.82) is 0 Å². The van der Waals surface area contributed by atoms with Crippen LogP contribution in [0.3, 0.4) is 0 Å². The molecule has 2 aliphatic heterocycles. The van der Waals surface area contributed by atoms with Gasteiger partial charge in [-0.15, -0.1) is 0 Å². The summed E-state index contributed by atoms with van der Waals surface area (Å²) in [6.07, 6.45) is 7.99. The van der Waals surface area contributed by atoms with Crippen LogP contribution in [-0.4, -0.2) is 67.5 Å². The number of hydrogen-bond donors (Lipinski definition) is 3. The molecule has 0 radical (unpaired) electrons. The van der Waals surface area contributed by atoms with Crippen LogP contribution in [0, 0.1) is 11.3 Å². The first-order chi connectivity index (χ1) is 18.1. The van der Waals surface area contributed by atoms with Crippen molar-refractivity contribution in [3.8, 4) is 5.75 Å². The van der Waals surface area contributed by atoms with Crippen LogP contribution in [0.1, 0.15) is 70.2 Å². The summed E-state index contributed by atoms with van der Waals surface area (Å²) in [5.74, 6) is 0.119. The molecule has 0 aromatic heterocycles. The van der Waals surface area contributed by atoms with Crippen molar-refractivity contribution < 1.29 is 19.1 Å². The third kappa shape index (κ3) is 8.73. The molecule has 210 valence electrons. The first kappa shape index (κ1) is 30.0. The van der Waals surface area contributed by atoms with E-state index in [9.17, 15) is 14.4 Å². The highest BCUT2D eigenvalue weighted by Crippen LogP contribution is 2.35. The Kier molecular flexibility index (Phi) is 11.0. The first-order valence-electron chi connectivity index (χ1n) is 13.8. The van der Waals surface area contributed by atoms with Gasteiger partial charge in [0.05, 0.1) is 12.1 Å². The number of fused-ring (bicyclic) bond motifs is 1. The van der Waals surface area contributed by atoms with Crippen molar-refractivity contribution in [3.05, 3.63) is 40.9 Å². The summed E-state index contributed by atoms with van der Waals surface area (Å²) >= 11 is 6.16. The zero-order valence-electron chi connectivity index (χ0n) is 23.1. The van der Waals surface area contributed by atoms with E-state index in [0.29, 0.717) is 42.5 Å². The predicted molar refractivity (Wildman–Crippen MR) is 150 cm³/mol. The van der Waals surface area contributed by atoms with Gasteiger partial charge in [-0.3, -0.25) is 19.3 Å². The molecule has 3 rings (SSSR count). The van der Waals surface area contributed by atoms with Gasteiger partial charge in [-0.25, -0.2) is 0 Å². The fourth-order valence-corrected chi connectivity index (χ4v) is 5.12. The number of hydrogen-bond acceptors (Lipinski definition) is 5. The molecule has 3 N–H and O–H groups in total. The normalized spacial score (nSPS) is 22.4. The number of likely N-dealkylation sites (tertiary alicyclic amines) is 1. The zero-order valence-corrected chi connectivity index (χ0v) is 23.9. The summed E-state index contributed by atoms with van der Waals surface area (Å²) in [6, 6.07) is 4.43. The third-order valence-electron chi connectivity index (χ3n) is 7.51. The molecule has 2 aliphatic rings. The average Bonchev–Trinajstić information content (AvgIpc) is 2.87. The zero-order chi connectivity index (χ0) is 27.7. The summed E-state index contributed by atoms with van der Waals surface area (Å²) < 4.78 is 5.92. The second-order valence-electron chi connectivity index (χ2n) is 11.2. The van der Waals surface area contributed by atoms with Gasteiger partial charge in [-0.1, -0.05) is 44.5 Å². The number of rotatable bonds is 6. The molecular formula is C29H43ClN4O4. The molecule has 1 spiro atoms. The summed E-state index contributed by atoms with van der Waals surface area (Å²) in [4.78, 5) is 41.1. The number of carbonyl (C=O) groups is 3. The van der Waals surface area contributed by atoms with E-state index in [1.165, 1.54) is 0 Å². The van der Waals surface area contributed by atoms with Gasteiger partial charge < -0.3 is 20.7 Å². The highest BCUT2D eigenvalue weighted by Gasteiger charge is 2.35. The molecule has 0 saturated carbocycles. The maximum Gasteiger partial charge on any atom is 0.255 e. The molecule has 1 saturated heterocycles. The van der Waals surface area contributed by atoms with E-state index in [1.807, 2.05) is 26.8 Å². The van der Waals surface area contributed by atoms with Crippen molar-refractivity contribution >= 4 is 29.3 Å². The first-order valence-corrected chi connectivity index (χ1v) is 14.2. The molecule has 2 heterocycles. The Hall–Kier alpha value is -2.58. The lowest BCUT2D eigenvalue weighted by atomic mass is 9.75. The Balaban J connectivity index is 1.75. The van der Waals surface area contributed by atoms with Crippen LogP contribution < -0.4 is 20.7 Å². The molecule has 38 heavy (non-hydrogen) atoms. The predicted octanol–water partition coefficient (Wildman–Crippen LogP) is 3.94. The second kappa shape index (κ2) is 14.0. The number of carbonyl (C=O) groups excluding carboxylic acids is 3. The highest BCUT2D eigenvalue weighted by atomic mass is 35.5. The van der Waals surface area contributed by atoms with E-state index in [4.69, 9.17) is 16.3 Å². The largest absolute Gasteiger partial charge is 0.489 e. The minimum absolute atomic E-state index is 0.0560. The van der Waals surface area contributed by atoms with E-state index in [0.717, 1.165) is 38.8 Å². The molecule has 1 unspecified atom stereocenters. The number of piperidine rings is 1. The van der Waals surface area contributed by atoms with Gasteiger partial charge in [-0.2, -0.15) is 0 Å². The van der Waals surface area contributed by atoms with Gasteiger partial charge in [0, 0.05) is 17.6 Å². The van der Waals surface area contributed by atoms with Crippen LogP contribution in [0.25, 0.3) is 0 Å². The number of allylic oxidation sites excluding steroid dienone is 1. The number of nitrogens with one attached hydrogen (secondary N) is 3. The molecular weight excluding hydrogens is 504 g/mol. The minimum Gasteiger partial charge on any atom is -0.489 e. The Bertz CT molecular complexity index is 1000. The smallest absolute Gasteiger partial charge is 0.255 e. The fourth-order valence-electron chi connectivity index (χ4n) is 4.95. The Labute approximate surface area is 231 Å². The Morgan fingerprint density at radius 1 is 1.21 bits per heavy atom. The van der Waals surface area contributed by atoms with Crippen LogP contribution in [0.4, 0.5) is 0 Å². The topological polar surface area (TPSA) is 99.8 Å². The van der Waals surface area contributed by atoms with Gasteiger partial charge in [-0.05, 0) is 81.6 Å². The van der Waals surface area contributed by atoms with Crippen molar-refractivity contribution in [1.82, 2.24) is 20.9 Å². The van der Waals surface area contributed by atoms with Crippen molar-refractivity contribution in [2.45, 2.75) is 71.9 Å². The quantitative estimate of drug-likeness (QED) is 0.469. The molecule has 3 amide bonds. The van der Waals surface area contributed by atoms with Gasteiger partial charge >= 0.3 is 0 Å². The standard InChI is InChI=1S/C29H43ClN4O4/c1-5-21(4)32-26(35)18-34-13-11-29(12-14-34)10-6-7-15-38-25-9-8-22(30)17-23(25)27(36)33-24(16-20(2)3)28(37)31-19-29/h6-9,17,20-21,24H,5,10-16,18-19H2,1-4H3,(H,31,37)(H,32,35)(H,33,36)/b7-6+/t21?,24-/m0/s1. The maximum absolute atomic E-state index is 13.3. The van der Waals surface area contributed by atoms with Crippen LogP contribution in [0.2, 0.25) is 5.02 Å². The molecule has 1 aromatic rings. The number of ether oxygens (including phenoxy) is 1. The summed E-state index contributed by atoms with van der Waals surface area (Å²) in [6.45, 7) is 10.9. The van der Waals surface area contributed by atoms with Crippen molar-refractivity contribution in [2.24, 2.45) is 11.3 Å². The second-order valence-corrected chi connectivity index (χ2v) is 11.6. The lowest BCUT2D eigenvalue weighted by Crippen LogP contribution is -2.52. The SMILES string of the molecule is CCC(C)NC(=O)CN1CCC2(C/C=C/COc3ccc(Cl)cc3C(=O)N[C@@H](CC(C)C)C(=O)NC2)CC1. The molecule has 2 atom stereocenters. The Morgan fingerprint density at radius 3 is 2.63 bits per heavy atom. The molecule has 0 bridgehead atoms. The molecule has 8 nitrogen and oxygen atoms in total. The molecule has 9 heteroatoms. The monoisotopic (exact) mass is 546 g/mol.